The Labute approximate surface area is 180 Å². The number of anilines is 1. The predicted molar refractivity (Wildman–Crippen MR) is 121 cm³/mol. The van der Waals surface area contributed by atoms with E-state index in [-0.39, 0.29) is 22.6 Å². The number of hydrazone groups is 1. The number of nitrogens with zero attached hydrogens (tertiary/aromatic N) is 1. The van der Waals surface area contributed by atoms with Gasteiger partial charge in [0, 0.05) is 17.2 Å². The summed E-state index contributed by atoms with van der Waals surface area (Å²) in [6.07, 6.45) is 2.37. The van der Waals surface area contributed by atoms with Gasteiger partial charge in [0.2, 0.25) is 15.9 Å². The van der Waals surface area contributed by atoms with Crippen molar-refractivity contribution in [2.24, 2.45) is 22.0 Å². The van der Waals surface area contributed by atoms with Gasteiger partial charge in [0.1, 0.15) is 0 Å². The second kappa shape index (κ2) is 8.33. The zero-order valence-corrected chi connectivity index (χ0v) is 17.4. The maximum absolute atomic E-state index is 12.7. The minimum atomic E-state index is -3.84. The highest BCUT2D eigenvalue weighted by Gasteiger charge is 2.43. The van der Waals surface area contributed by atoms with Gasteiger partial charge in [0.05, 0.1) is 11.1 Å². The fourth-order valence-corrected chi connectivity index (χ4v) is 4.49. The second-order valence-electron chi connectivity index (χ2n) is 7.50. The minimum absolute atomic E-state index is 0.0411. The summed E-state index contributed by atoms with van der Waals surface area (Å²) in [5, 5.41) is 11.8. The van der Waals surface area contributed by atoms with Gasteiger partial charge in [-0.1, -0.05) is 48.5 Å². The molecule has 0 saturated heterocycles. The van der Waals surface area contributed by atoms with Gasteiger partial charge in [-0.05, 0) is 53.3 Å². The Morgan fingerprint density at radius 1 is 1.03 bits per heavy atom. The number of nitrogens with two attached hydrogens (primary N) is 2. The summed E-state index contributed by atoms with van der Waals surface area (Å²) in [4.78, 5) is 12.7. The van der Waals surface area contributed by atoms with Crippen LogP contribution in [0.25, 0.3) is 11.1 Å². The molecule has 1 saturated carbocycles. The van der Waals surface area contributed by atoms with Crippen molar-refractivity contribution in [3.63, 3.8) is 0 Å². The summed E-state index contributed by atoms with van der Waals surface area (Å²) < 4.78 is 23.7. The van der Waals surface area contributed by atoms with E-state index < -0.39 is 10.0 Å². The van der Waals surface area contributed by atoms with E-state index in [0.717, 1.165) is 17.5 Å². The Hall–Kier alpha value is -3.49. The lowest BCUT2D eigenvalue weighted by atomic mass is 10.0. The number of amides is 1. The van der Waals surface area contributed by atoms with Crippen LogP contribution in [-0.4, -0.2) is 20.5 Å². The largest absolute Gasteiger partial charge is 0.326 e. The van der Waals surface area contributed by atoms with Crippen molar-refractivity contribution in [3.05, 3.63) is 83.9 Å². The quantitative estimate of drug-likeness (QED) is 0.313. The third kappa shape index (κ3) is 4.65. The van der Waals surface area contributed by atoms with Crippen LogP contribution < -0.4 is 16.3 Å². The summed E-state index contributed by atoms with van der Waals surface area (Å²) in [7, 11) is -3.84. The summed E-state index contributed by atoms with van der Waals surface area (Å²) in [6, 6.07) is 21.4. The van der Waals surface area contributed by atoms with Crippen LogP contribution in [0.15, 0.2) is 82.8 Å². The van der Waals surface area contributed by atoms with E-state index in [1.807, 2.05) is 24.3 Å². The van der Waals surface area contributed by atoms with Gasteiger partial charge in [0.25, 0.3) is 0 Å². The Morgan fingerprint density at radius 3 is 2.48 bits per heavy atom. The molecule has 1 aliphatic rings. The number of nitrogens with one attached hydrogen (secondary N) is 1. The topological polar surface area (TPSA) is 128 Å². The maximum atomic E-state index is 12.7. The van der Waals surface area contributed by atoms with Crippen LogP contribution in [0.5, 0.6) is 0 Å². The van der Waals surface area contributed by atoms with Crippen molar-refractivity contribution in [1.29, 1.82) is 0 Å². The zero-order chi connectivity index (χ0) is 22.0. The van der Waals surface area contributed by atoms with Crippen molar-refractivity contribution in [3.8, 4) is 11.1 Å². The Morgan fingerprint density at radius 2 is 1.77 bits per heavy atom. The number of rotatable bonds is 6. The molecule has 0 aromatic heterocycles. The highest BCUT2D eigenvalue weighted by atomic mass is 32.2. The molecule has 1 amide bonds. The fraction of sp³-hybridized carbons (Fsp3) is 0.130. The number of benzene rings is 3. The van der Waals surface area contributed by atoms with Crippen LogP contribution in [0, 0.1) is 5.92 Å². The van der Waals surface area contributed by atoms with E-state index in [1.165, 1.54) is 6.07 Å². The fourth-order valence-electron chi connectivity index (χ4n) is 3.73. The lowest BCUT2D eigenvalue weighted by Crippen LogP contribution is -2.14. The molecule has 4 rings (SSSR count). The monoisotopic (exact) mass is 434 g/mol. The Kier molecular flexibility index (Phi) is 5.58. The number of carbonyl (C=O) groups excluding carboxylic acids is 1. The van der Waals surface area contributed by atoms with Crippen molar-refractivity contribution in [1.82, 2.24) is 0 Å². The second-order valence-corrected chi connectivity index (χ2v) is 9.03. The molecule has 5 N–H and O–H groups in total. The van der Waals surface area contributed by atoms with Gasteiger partial charge < -0.3 is 11.2 Å². The van der Waals surface area contributed by atoms with E-state index >= 15 is 0 Å². The van der Waals surface area contributed by atoms with Gasteiger partial charge in [-0.25, -0.2) is 13.6 Å². The predicted octanol–water partition coefficient (Wildman–Crippen LogP) is 3.04. The first-order valence-corrected chi connectivity index (χ1v) is 11.3. The molecule has 31 heavy (non-hydrogen) atoms. The number of primary sulfonamides is 1. The van der Waals surface area contributed by atoms with Crippen molar-refractivity contribution >= 4 is 27.8 Å². The minimum Gasteiger partial charge on any atom is -0.326 e. The molecule has 3 aromatic rings. The molecule has 7 nitrogen and oxygen atoms in total. The molecule has 1 fully saturated rings. The molecule has 2 atom stereocenters. The number of hydrogen-bond acceptors (Lipinski definition) is 5. The van der Waals surface area contributed by atoms with Gasteiger partial charge in [0.15, 0.2) is 0 Å². The molecule has 1 aliphatic carbocycles. The molecule has 0 unspecified atom stereocenters. The molecular formula is C23H22N4O3S. The average molecular weight is 435 g/mol. The van der Waals surface area contributed by atoms with Gasteiger partial charge in [-0.2, -0.15) is 5.10 Å². The summed E-state index contributed by atoms with van der Waals surface area (Å²) in [5.41, 5.74) is 3.86. The van der Waals surface area contributed by atoms with E-state index in [4.69, 9.17) is 11.0 Å². The van der Waals surface area contributed by atoms with E-state index in [1.54, 1.807) is 48.7 Å². The first kappa shape index (κ1) is 20.8. The third-order valence-corrected chi connectivity index (χ3v) is 6.32. The highest BCUT2D eigenvalue weighted by molar-refractivity contribution is 7.89. The standard InChI is InChI=1S/C23H22N4O3S/c24-26-14-15-4-3-5-17(12-15)20-13-21(20)23(28)27-18-10-8-16(9-11-18)19-6-1-2-7-22(19)31(25,29)30/h1-12,14,20-21H,13,24H2,(H,27,28)(H2,25,29,30)/t20-,21-/m1/s1. The summed E-state index contributed by atoms with van der Waals surface area (Å²) in [6.45, 7) is 0. The number of sulfonamides is 1. The molecule has 0 aliphatic heterocycles. The number of hydrogen-bond donors (Lipinski definition) is 3. The lowest BCUT2D eigenvalue weighted by Gasteiger charge is -2.10. The molecule has 158 valence electrons. The third-order valence-electron chi connectivity index (χ3n) is 5.35. The maximum Gasteiger partial charge on any atom is 0.238 e. The molecule has 3 aromatic carbocycles. The van der Waals surface area contributed by atoms with Crippen molar-refractivity contribution < 1.29 is 13.2 Å². The van der Waals surface area contributed by atoms with Crippen LogP contribution in [0.3, 0.4) is 0 Å². The Bertz CT molecular complexity index is 1250. The smallest absolute Gasteiger partial charge is 0.238 e. The molecule has 8 heteroatoms. The number of carbonyl (C=O) groups is 1. The first-order valence-electron chi connectivity index (χ1n) is 9.73. The van der Waals surface area contributed by atoms with Gasteiger partial charge >= 0.3 is 0 Å². The molecule has 0 spiro atoms. The van der Waals surface area contributed by atoms with Crippen LogP contribution in [-0.2, 0) is 14.8 Å². The molecule has 0 radical (unpaired) electrons. The molecule has 0 bridgehead atoms. The highest BCUT2D eigenvalue weighted by Crippen LogP contribution is 2.48. The van der Waals surface area contributed by atoms with E-state index in [0.29, 0.717) is 16.8 Å². The normalized spacial score (nSPS) is 18.1. The zero-order valence-electron chi connectivity index (χ0n) is 16.6. The molecular weight excluding hydrogens is 412 g/mol. The van der Waals surface area contributed by atoms with E-state index in [2.05, 4.69) is 10.4 Å². The average Bonchev–Trinajstić information content (AvgIpc) is 3.55. The van der Waals surface area contributed by atoms with Crippen molar-refractivity contribution in [2.45, 2.75) is 17.2 Å². The van der Waals surface area contributed by atoms with Gasteiger partial charge in [-0.3, -0.25) is 4.79 Å². The first-order chi connectivity index (χ1) is 14.9. The van der Waals surface area contributed by atoms with Gasteiger partial charge in [-0.15, -0.1) is 0 Å². The van der Waals surface area contributed by atoms with Crippen LogP contribution in [0.1, 0.15) is 23.5 Å². The lowest BCUT2D eigenvalue weighted by molar-refractivity contribution is -0.117. The molecule has 0 heterocycles. The SMILES string of the molecule is NN=Cc1cccc([C@H]2C[C@H]2C(=O)Nc2ccc(-c3ccccc3S(N)(=O)=O)cc2)c1. The van der Waals surface area contributed by atoms with Crippen LogP contribution >= 0.6 is 0 Å². The Balaban J connectivity index is 1.45. The van der Waals surface area contributed by atoms with Crippen LogP contribution in [0.4, 0.5) is 5.69 Å². The van der Waals surface area contributed by atoms with Crippen LogP contribution in [0.2, 0.25) is 0 Å². The summed E-state index contributed by atoms with van der Waals surface area (Å²) in [5.74, 6) is 5.25. The van der Waals surface area contributed by atoms with E-state index in [9.17, 15) is 13.2 Å². The summed E-state index contributed by atoms with van der Waals surface area (Å²) >= 11 is 0. The van der Waals surface area contributed by atoms with Crippen molar-refractivity contribution in [2.75, 3.05) is 5.32 Å².